The molecule has 0 aliphatic carbocycles. The molecule has 6 heteroatoms. The van der Waals surface area contributed by atoms with Gasteiger partial charge in [-0.15, -0.1) is 0 Å². The van der Waals surface area contributed by atoms with Crippen molar-refractivity contribution in [3.63, 3.8) is 0 Å². The van der Waals surface area contributed by atoms with Crippen molar-refractivity contribution in [2.75, 3.05) is 11.9 Å². The van der Waals surface area contributed by atoms with E-state index in [0.29, 0.717) is 11.3 Å². The molecule has 6 nitrogen and oxygen atoms in total. The molecule has 2 aromatic rings. The van der Waals surface area contributed by atoms with Crippen molar-refractivity contribution in [1.29, 1.82) is 10.5 Å². The third-order valence-corrected chi connectivity index (χ3v) is 4.94. The molecule has 1 atom stereocenters. The Morgan fingerprint density at radius 2 is 2.18 bits per heavy atom. The molecule has 0 bridgehead atoms. The fourth-order valence-electron chi connectivity index (χ4n) is 3.42. The number of nitrogens with one attached hydrogen (secondary N) is 1. The number of benzene rings is 1. The van der Waals surface area contributed by atoms with E-state index < -0.39 is 5.91 Å². The topological polar surface area (TPSA) is 90.8 Å². The van der Waals surface area contributed by atoms with Gasteiger partial charge in [-0.05, 0) is 62.6 Å². The number of hydrogen-bond acceptors (Lipinski definition) is 4. The zero-order valence-corrected chi connectivity index (χ0v) is 16.0. The van der Waals surface area contributed by atoms with Gasteiger partial charge in [-0.2, -0.15) is 10.5 Å². The average molecular weight is 374 g/mol. The van der Waals surface area contributed by atoms with Crippen molar-refractivity contribution in [3.05, 3.63) is 58.4 Å². The molecule has 28 heavy (non-hydrogen) atoms. The van der Waals surface area contributed by atoms with Gasteiger partial charge in [0, 0.05) is 30.2 Å². The minimum Gasteiger partial charge on any atom is -0.376 e. The second-order valence-corrected chi connectivity index (χ2v) is 6.89. The summed E-state index contributed by atoms with van der Waals surface area (Å²) in [6.07, 6.45) is 3.96. The first kappa shape index (κ1) is 19.4. The number of rotatable bonds is 5. The van der Waals surface area contributed by atoms with Gasteiger partial charge in [0.2, 0.25) is 0 Å². The largest absolute Gasteiger partial charge is 0.376 e. The summed E-state index contributed by atoms with van der Waals surface area (Å²) in [5.41, 5.74) is 3.85. The number of carbonyl (C=O) groups is 1. The molecule has 1 amide bonds. The lowest BCUT2D eigenvalue weighted by atomic mass is 10.1. The summed E-state index contributed by atoms with van der Waals surface area (Å²) in [7, 11) is 0. The third kappa shape index (κ3) is 4.31. The molecular weight excluding hydrogens is 352 g/mol. The van der Waals surface area contributed by atoms with Crippen LogP contribution in [0.25, 0.3) is 6.08 Å². The molecule has 1 N–H and O–H groups in total. The SMILES string of the molecule is Cc1cc(/C=C(\C#N)C(=O)Nc2cccc(C#N)c2)c(C)n1C[C@H]1CCCO1. The molecule has 0 saturated carbocycles. The molecule has 1 aromatic carbocycles. The van der Waals surface area contributed by atoms with Gasteiger partial charge in [-0.3, -0.25) is 4.79 Å². The number of aryl methyl sites for hydroxylation is 1. The van der Waals surface area contributed by atoms with Gasteiger partial charge in [0.15, 0.2) is 0 Å². The van der Waals surface area contributed by atoms with E-state index in [1.807, 2.05) is 32.1 Å². The van der Waals surface area contributed by atoms with Crippen molar-refractivity contribution in [2.24, 2.45) is 0 Å². The Morgan fingerprint density at radius 3 is 2.86 bits per heavy atom. The van der Waals surface area contributed by atoms with Crippen LogP contribution >= 0.6 is 0 Å². The molecule has 1 fully saturated rings. The predicted molar refractivity (Wildman–Crippen MR) is 106 cm³/mol. The maximum absolute atomic E-state index is 12.5. The number of aromatic nitrogens is 1. The smallest absolute Gasteiger partial charge is 0.266 e. The third-order valence-electron chi connectivity index (χ3n) is 4.94. The van der Waals surface area contributed by atoms with Crippen LogP contribution in [0.1, 0.15) is 35.4 Å². The number of ether oxygens (including phenoxy) is 1. The zero-order chi connectivity index (χ0) is 20.1. The second kappa shape index (κ2) is 8.56. The Labute approximate surface area is 164 Å². The van der Waals surface area contributed by atoms with Gasteiger partial charge >= 0.3 is 0 Å². The van der Waals surface area contributed by atoms with Crippen LogP contribution < -0.4 is 5.32 Å². The highest BCUT2D eigenvalue weighted by atomic mass is 16.5. The average Bonchev–Trinajstić information content (AvgIpc) is 3.30. The lowest BCUT2D eigenvalue weighted by molar-refractivity contribution is -0.112. The van der Waals surface area contributed by atoms with Crippen LogP contribution in [0, 0.1) is 36.5 Å². The highest BCUT2D eigenvalue weighted by molar-refractivity contribution is 6.09. The van der Waals surface area contributed by atoms with E-state index in [2.05, 4.69) is 9.88 Å². The number of carbonyl (C=O) groups excluding carboxylic acids is 1. The highest BCUT2D eigenvalue weighted by Crippen LogP contribution is 2.22. The molecule has 142 valence electrons. The maximum Gasteiger partial charge on any atom is 0.266 e. The summed E-state index contributed by atoms with van der Waals surface area (Å²) in [6, 6.07) is 12.6. The van der Waals surface area contributed by atoms with Crippen molar-refractivity contribution in [1.82, 2.24) is 4.57 Å². The minimum absolute atomic E-state index is 0.0136. The lowest BCUT2D eigenvalue weighted by Crippen LogP contribution is -2.17. The summed E-state index contributed by atoms with van der Waals surface area (Å²) in [4.78, 5) is 12.5. The van der Waals surface area contributed by atoms with Gasteiger partial charge in [0.05, 0.1) is 17.7 Å². The summed E-state index contributed by atoms with van der Waals surface area (Å²) in [6.45, 7) is 5.58. The van der Waals surface area contributed by atoms with Gasteiger partial charge in [0.1, 0.15) is 11.6 Å². The van der Waals surface area contributed by atoms with Crippen LogP contribution in [0.5, 0.6) is 0 Å². The fraction of sp³-hybridized carbons (Fsp3) is 0.318. The first-order valence-corrected chi connectivity index (χ1v) is 9.23. The molecule has 0 unspecified atom stereocenters. The zero-order valence-electron chi connectivity index (χ0n) is 16.0. The van der Waals surface area contributed by atoms with Crippen molar-refractivity contribution in [2.45, 2.75) is 39.3 Å². The number of nitriles is 2. The number of hydrogen-bond donors (Lipinski definition) is 1. The molecule has 2 heterocycles. The summed E-state index contributed by atoms with van der Waals surface area (Å²) in [5.74, 6) is -0.499. The van der Waals surface area contributed by atoms with Crippen molar-refractivity contribution in [3.8, 4) is 12.1 Å². The maximum atomic E-state index is 12.5. The van der Waals surface area contributed by atoms with Crippen LogP contribution in [0.15, 0.2) is 35.9 Å². The van der Waals surface area contributed by atoms with Gasteiger partial charge in [0.25, 0.3) is 5.91 Å². The van der Waals surface area contributed by atoms with Crippen LogP contribution in [0.2, 0.25) is 0 Å². The molecule has 0 radical (unpaired) electrons. The fourth-order valence-corrected chi connectivity index (χ4v) is 3.42. The van der Waals surface area contributed by atoms with Gasteiger partial charge < -0.3 is 14.6 Å². The van der Waals surface area contributed by atoms with E-state index in [9.17, 15) is 10.1 Å². The Hall–Kier alpha value is -3.35. The Balaban J connectivity index is 1.81. The second-order valence-electron chi connectivity index (χ2n) is 6.89. The molecular formula is C22H22N4O2. The van der Waals surface area contributed by atoms with Gasteiger partial charge in [-0.1, -0.05) is 6.07 Å². The lowest BCUT2D eigenvalue weighted by Gasteiger charge is -2.14. The predicted octanol–water partition coefficient (Wildman–Crippen LogP) is 3.70. The summed E-state index contributed by atoms with van der Waals surface area (Å²) < 4.78 is 7.90. The van der Waals surface area contributed by atoms with Gasteiger partial charge in [-0.25, -0.2) is 0 Å². The molecule has 1 saturated heterocycles. The quantitative estimate of drug-likeness (QED) is 0.638. The van der Waals surface area contributed by atoms with E-state index in [-0.39, 0.29) is 11.7 Å². The molecule has 0 spiro atoms. The molecule has 1 aromatic heterocycles. The van der Waals surface area contributed by atoms with Crippen LogP contribution in [0.3, 0.4) is 0 Å². The Morgan fingerprint density at radius 1 is 1.36 bits per heavy atom. The molecule has 3 rings (SSSR count). The first-order valence-electron chi connectivity index (χ1n) is 9.23. The highest BCUT2D eigenvalue weighted by Gasteiger charge is 2.19. The standard InChI is InChI=1S/C22H22N4O2/c1-15-9-18(16(2)26(15)14-21-7-4-8-28-21)11-19(13-24)22(27)25-20-6-3-5-17(10-20)12-23/h3,5-6,9-11,21H,4,7-8,14H2,1-2H3,(H,25,27)/b19-11+/t21-/m1/s1. The van der Waals surface area contributed by atoms with E-state index in [0.717, 1.165) is 42.9 Å². The van der Waals surface area contributed by atoms with Crippen LogP contribution in [-0.2, 0) is 16.1 Å². The normalized spacial score (nSPS) is 16.4. The summed E-state index contributed by atoms with van der Waals surface area (Å²) in [5, 5.41) is 21.1. The van der Waals surface area contributed by atoms with Crippen molar-refractivity contribution < 1.29 is 9.53 Å². The minimum atomic E-state index is -0.499. The van der Waals surface area contributed by atoms with E-state index >= 15 is 0 Å². The Bertz CT molecular complexity index is 999. The first-order chi connectivity index (χ1) is 13.5. The Kier molecular flexibility index (Phi) is 5.93. The van der Waals surface area contributed by atoms with E-state index in [4.69, 9.17) is 10.00 Å². The number of nitrogens with zero attached hydrogens (tertiary/aromatic N) is 3. The van der Waals surface area contributed by atoms with E-state index in [1.165, 1.54) is 0 Å². The number of anilines is 1. The van der Waals surface area contributed by atoms with Crippen molar-refractivity contribution >= 4 is 17.7 Å². The number of amides is 1. The molecule has 1 aliphatic rings. The van der Waals surface area contributed by atoms with Crippen LogP contribution in [0.4, 0.5) is 5.69 Å². The molecule has 1 aliphatic heterocycles. The van der Waals surface area contributed by atoms with Crippen LogP contribution in [-0.4, -0.2) is 23.2 Å². The monoisotopic (exact) mass is 374 g/mol. The summed E-state index contributed by atoms with van der Waals surface area (Å²) >= 11 is 0. The van der Waals surface area contributed by atoms with E-state index in [1.54, 1.807) is 30.3 Å².